The molecule has 1 aromatic carbocycles. The molecule has 0 unspecified atom stereocenters. The van der Waals surface area contributed by atoms with Gasteiger partial charge in [0.15, 0.2) is 11.2 Å². The molecule has 0 aliphatic rings. The van der Waals surface area contributed by atoms with Gasteiger partial charge in [0.2, 0.25) is 0 Å². The van der Waals surface area contributed by atoms with E-state index < -0.39 is 5.76 Å². The third-order valence-electron chi connectivity index (χ3n) is 3.23. The lowest BCUT2D eigenvalue weighted by Gasteiger charge is -2.06. The Morgan fingerprint density at radius 2 is 2.29 bits per heavy atom. The second-order valence-corrected chi connectivity index (χ2v) is 4.68. The number of nitrogens with zero attached hydrogens (tertiary/aromatic N) is 3. The average molecular weight is 281 g/mol. The zero-order valence-corrected chi connectivity index (χ0v) is 10.9. The van der Waals surface area contributed by atoms with Gasteiger partial charge in [0.25, 0.3) is 0 Å². The Kier molecular flexibility index (Phi) is 2.50. The highest BCUT2D eigenvalue weighted by molar-refractivity contribution is 5.72. The molecule has 2 N–H and O–H groups in total. The van der Waals surface area contributed by atoms with Crippen LogP contribution in [0.3, 0.4) is 0 Å². The topological polar surface area (TPSA) is 88.2 Å². The van der Waals surface area contributed by atoms with Gasteiger partial charge in [0.1, 0.15) is 0 Å². The van der Waals surface area contributed by atoms with Crippen molar-refractivity contribution in [3.05, 3.63) is 59.0 Å². The lowest BCUT2D eigenvalue weighted by atomic mass is 10.2. The number of aromatic nitrogens is 4. The molecular weight excluding hydrogens is 270 g/mol. The maximum absolute atomic E-state index is 11.1. The molecule has 0 amide bonds. The van der Waals surface area contributed by atoms with Gasteiger partial charge in [0, 0.05) is 12.6 Å². The summed E-state index contributed by atoms with van der Waals surface area (Å²) in [6, 6.07) is 7.43. The molecule has 0 radical (unpaired) electrons. The lowest BCUT2D eigenvalue weighted by molar-refractivity contribution is 0.555. The van der Waals surface area contributed by atoms with Crippen LogP contribution in [0.1, 0.15) is 5.56 Å². The summed E-state index contributed by atoms with van der Waals surface area (Å²) < 4.78 is 6.75. The van der Waals surface area contributed by atoms with Crippen LogP contribution >= 0.6 is 0 Å². The van der Waals surface area contributed by atoms with Crippen molar-refractivity contribution in [3.8, 4) is 0 Å². The van der Waals surface area contributed by atoms with Gasteiger partial charge >= 0.3 is 5.76 Å². The van der Waals surface area contributed by atoms with Crippen molar-refractivity contribution >= 4 is 22.4 Å². The molecule has 4 aromatic rings. The van der Waals surface area contributed by atoms with Crippen molar-refractivity contribution in [1.82, 2.24) is 19.6 Å². The number of aromatic amines is 1. The molecule has 3 heterocycles. The molecule has 0 saturated carbocycles. The van der Waals surface area contributed by atoms with Gasteiger partial charge in [-0.05, 0) is 17.7 Å². The van der Waals surface area contributed by atoms with Crippen molar-refractivity contribution in [2.45, 2.75) is 6.54 Å². The van der Waals surface area contributed by atoms with Crippen LogP contribution in [0, 0.1) is 0 Å². The maximum Gasteiger partial charge on any atom is 0.417 e. The summed E-state index contributed by atoms with van der Waals surface area (Å²) in [5, 5.41) is 7.40. The van der Waals surface area contributed by atoms with Gasteiger partial charge in [-0.3, -0.25) is 4.98 Å². The minimum absolute atomic E-state index is 0.441. The van der Waals surface area contributed by atoms with E-state index in [1.807, 2.05) is 30.5 Å². The largest absolute Gasteiger partial charge is 0.417 e. The number of anilines is 1. The van der Waals surface area contributed by atoms with Crippen LogP contribution in [0.15, 0.2) is 52.1 Å². The van der Waals surface area contributed by atoms with Crippen LogP contribution in [0.2, 0.25) is 0 Å². The summed E-state index contributed by atoms with van der Waals surface area (Å²) in [7, 11) is 0. The van der Waals surface area contributed by atoms with Gasteiger partial charge in [-0.2, -0.15) is 5.10 Å². The summed E-state index contributed by atoms with van der Waals surface area (Å²) in [4.78, 5) is 18.0. The highest BCUT2D eigenvalue weighted by atomic mass is 16.4. The third-order valence-corrected chi connectivity index (χ3v) is 3.23. The first-order chi connectivity index (χ1) is 10.3. The smallest absolute Gasteiger partial charge is 0.408 e. The Hall–Kier alpha value is -3.09. The van der Waals surface area contributed by atoms with Crippen molar-refractivity contribution in [2.75, 3.05) is 5.32 Å². The van der Waals surface area contributed by atoms with Gasteiger partial charge in [-0.25, -0.2) is 14.3 Å². The SMILES string of the molecule is O=c1[nH]c2ccc(CNc3cnc4ccnn4c3)cc2o1. The van der Waals surface area contributed by atoms with E-state index >= 15 is 0 Å². The van der Waals surface area contributed by atoms with Gasteiger partial charge in [-0.15, -0.1) is 0 Å². The summed E-state index contributed by atoms with van der Waals surface area (Å²) in [6.07, 6.45) is 5.33. The average Bonchev–Trinajstić information content (AvgIpc) is 3.08. The number of hydrogen-bond acceptors (Lipinski definition) is 5. The van der Waals surface area contributed by atoms with Crippen LogP contribution in [-0.4, -0.2) is 19.6 Å². The maximum atomic E-state index is 11.1. The molecule has 0 bridgehead atoms. The van der Waals surface area contributed by atoms with Crippen molar-refractivity contribution in [1.29, 1.82) is 0 Å². The molecule has 21 heavy (non-hydrogen) atoms. The Balaban J connectivity index is 1.57. The number of fused-ring (bicyclic) bond motifs is 2. The van der Waals surface area contributed by atoms with E-state index in [1.165, 1.54) is 0 Å². The van der Waals surface area contributed by atoms with Gasteiger partial charge < -0.3 is 9.73 Å². The zero-order valence-electron chi connectivity index (χ0n) is 10.9. The number of hydrogen-bond donors (Lipinski definition) is 2. The molecule has 0 spiro atoms. The molecule has 7 nitrogen and oxygen atoms in total. The first kappa shape index (κ1) is 11.7. The first-order valence-electron chi connectivity index (χ1n) is 6.43. The first-order valence-corrected chi connectivity index (χ1v) is 6.43. The van der Waals surface area contributed by atoms with Crippen LogP contribution in [-0.2, 0) is 6.54 Å². The fourth-order valence-corrected chi connectivity index (χ4v) is 2.20. The molecular formula is C14H11N5O2. The summed E-state index contributed by atoms with van der Waals surface area (Å²) >= 11 is 0. The lowest BCUT2D eigenvalue weighted by Crippen LogP contribution is -2.01. The molecule has 0 atom stereocenters. The second-order valence-electron chi connectivity index (χ2n) is 4.68. The van der Waals surface area contributed by atoms with E-state index in [4.69, 9.17) is 4.42 Å². The summed E-state index contributed by atoms with van der Waals surface area (Å²) in [6.45, 7) is 0.597. The predicted octanol–water partition coefficient (Wildman–Crippen LogP) is 1.78. The Morgan fingerprint density at radius 3 is 3.24 bits per heavy atom. The molecule has 104 valence electrons. The highest BCUT2D eigenvalue weighted by Gasteiger charge is 2.03. The van der Waals surface area contributed by atoms with E-state index in [2.05, 4.69) is 20.4 Å². The molecule has 4 rings (SSSR count). The van der Waals surface area contributed by atoms with Crippen LogP contribution in [0.4, 0.5) is 5.69 Å². The minimum Gasteiger partial charge on any atom is -0.408 e. The minimum atomic E-state index is -0.441. The van der Waals surface area contributed by atoms with E-state index in [0.29, 0.717) is 17.6 Å². The number of H-pyrrole nitrogens is 1. The zero-order chi connectivity index (χ0) is 14.2. The summed E-state index contributed by atoms with van der Waals surface area (Å²) in [5.74, 6) is -0.441. The fraction of sp³-hybridized carbons (Fsp3) is 0.0714. The van der Waals surface area contributed by atoms with E-state index in [1.54, 1.807) is 16.9 Å². The quantitative estimate of drug-likeness (QED) is 0.597. The van der Waals surface area contributed by atoms with Crippen LogP contribution in [0.5, 0.6) is 0 Å². The van der Waals surface area contributed by atoms with E-state index in [-0.39, 0.29) is 0 Å². The van der Waals surface area contributed by atoms with Crippen LogP contribution in [0.25, 0.3) is 16.7 Å². The van der Waals surface area contributed by atoms with Crippen molar-refractivity contribution in [3.63, 3.8) is 0 Å². The number of oxazole rings is 1. The van der Waals surface area contributed by atoms with E-state index in [9.17, 15) is 4.79 Å². The molecule has 0 aliphatic heterocycles. The molecule has 0 saturated heterocycles. The normalized spacial score (nSPS) is 11.2. The second kappa shape index (κ2) is 4.48. The third kappa shape index (κ3) is 2.14. The Labute approximate surface area is 118 Å². The predicted molar refractivity (Wildman–Crippen MR) is 77.1 cm³/mol. The molecule has 0 fully saturated rings. The van der Waals surface area contributed by atoms with E-state index in [0.717, 1.165) is 16.9 Å². The van der Waals surface area contributed by atoms with Crippen LogP contribution < -0.4 is 11.1 Å². The standard InChI is InChI=1S/C14H11N5O2/c20-14-18-11-2-1-9(5-12(11)21-14)6-15-10-7-16-13-3-4-17-19(13)8-10/h1-5,7-8,15H,6H2,(H,18,20). The Bertz CT molecular complexity index is 982. The highest BCUT2D eigenvalue weighted by Crippen LogP contribution is 2.14. The number of benzene rings is 1. The van der Waals surface area contributed by atoms with Crippen molar-refractivity contribution < 1.29 is 4.42 Å². The molecule has 7 heteroatoms. The summed E-state index contributed by atoms with van der Waals surface area (Å²) in [5.41, 5.74) is 3.92. The molecule has 0 aliphatic carbocycles. The Morgan fingerprint density at radius 1 is 1.33 bits per heavy atom. The molecule has 3 aromatic heterocycles. The van der Waals surface area contributed by atoms with Crippen molar-refractivity contribution in [2.24, 2.45) is 0 Å². The number of nitrogens with one attached hydrogen (secondary N) is 2. The number of rotatable bonds is 3. The fourth-order valence-electron chi connectivity index (χ4n) is 2.20. The van der Waals surface area contributed by atoms with Gasteiger partial charge in [-0.1, -0.05) is 6.07 Å². The monoisotopic (exact) mass is 281 g/mol. The van der Waals surface area contributed by atoms with Gasteiger partial charge in [0.05, 0.1) is 29.8 Å².